The van der Waals surface area contributed by atoms with E-state index in [1.807, 2.05) is 0 Å². The number of methoxy groups -OCH3 is 2. The van der Waals surface area contributed by atoms with E-state index in [0.29, 0.717) is 0 Å². The van der Waals surface area contributed by atoms with Crippen molar-refractivity contribution in [3.05, 3.63) is 0 Å². The average molecular weight is 149 g/mol. The number of rotatable bonds is 4. The summed E-state index contributed by atoms with van der Waals surface area (Å²) in [5, 5.41) is 0. The maximum atomic E-state index is 5.00. The first-order chi connectivity index (χ1) is 4.58. The summed E-state index contributed by atoms with van der Waals surface area (Å²) >= 11 is 0. The first-order valence-electron chi connectivity index (χ1n) is 3.02. The van der Waals surface area contributed by atoms with E-state index in [4.69, 9.17) is 15.4 Å². The van der Waals surface area contributed by atoms with Crippen molar-refractivity contribution in [2.24, 2.45) is 5.90 Å². The van der Waals surface area contributed by atoms with Gasteiger partial charge in [-0.3, -0.25) is 4.84 Å². The fourth-order valence-corrected chi connectivity index (χ4v) is 0.719. The molecule has 0 heterocycles. The van der Waals surface area contributed by atoms with Crippen molar-refractivity contribution >= 4 is 0 Å². The van der Waals surface area contributed by atoms with E-state index in [1.165, 1.54) is 14.2 Å². The highest BCUT2D eigenvalue weighted by molar-refractivity contribution is 4.71. The van der Waals surface area contributed by atoms with Gasteiger partial charge in [0.15, 0.2) is 6.29 Å². The average Bonchev–Trinajstić information content (AvgIpc) is 1.90. The van der Waals surface area contributed by atoms with Crippen LogP contribution in [0, 0.1) is 0 Å². The minimum absolute atomic E-state index is 0.433. The second-order valence-corrected chi connectivity index (χ2v) is 2.52. The molecule has 0 saturated heterocycles. The SMILES string of the molecule is COC(OC)C(C)(C)ON. The third-order valence-corrected chi connectivity index (χ3v) is 1.30. The maximum absolute atomic E-state index is 5.00. The summed E-state index contributed by atoms with van der Waals surface area (Å²) in [6.07, 6.45) is -0.433. The van der Waals surface area contributed by atoms with Crippen molar-refractivity contribution < 1.29 is 14.3 Å². The van der Waals surface area contributed by atoms with Crippen LogP contribution in [0.4, 0.5) is 0 Å². The van der Waals surface area contributed by atoms with Crippen molar-refractivity contribution in [1.82, 2.24) is 0 Å². The molecule has 4 nitrogen and oxygen atoms in total. The van der Waals surface area contributed by atoms with E-state index in [-0.39, 0.29) is 0 Å². The molecule has 0 aromatic heterocycles. The molecule has 0 rings (SSSR count). The molecule has 0 unspecified atom stereocenters. The van der Waals surface area contributed by atoms with Crippen LogP contribution in [0.3, 0.4) is 0 Å². The fourth-order valence-electron chi connectivity index (χ4n) is 0.719. The third-order valence-electron chi connectivity index (χ3n) is 1.30. The molecule has 0 aliphatic rings. The van der Waals surface area contributed by atoms with Gasteiger partial charge >= 0.3 is 0 Å². The molecule has 0 bridgehead atoms. The summed E-state index contributed by atoms with van der Waals surface area (Å²) in [5.74, 6) is 5.00. The summed E-state index contributed by atoms with van der Waals surface area (Å²) in [4.78, 5) is 4.63. The van der Waals surface area contributed by atoms with Crippen LogP contribution in [0.2, 0.25) is 0 Å². The molecule has 0 fully saturated rings. The zero-order chi connectivity index (χ0) is 8.20. The van der Waals surface area contributed by atoms with E-state index in [2.05, 4.69) is 4.84 Å². The second kappa shape index (κ2) is 3.88. The molecule has 62 valence electrons. The van der Waals surface area contributed by atoms with Crippen LogP contribution < -0.4 is 5.90 Å². The Hall–Kier alpha value is -0.160. The van der Waals surface area contributed by atoms with Gasteiger partial charge in [0.2, 0.25) is 0 Å². The molecule has 0 radical (unpaired) electrons. The molecule has 0 aliphatic carbocycles. The smallest absolute Gasteiger partial charge is 0.187 e. The Morgan fingerprint density at radius 3 is 1.70 bits per heavy atom. The lowest BCUT2D eigenvalue weighted by Crippen LogP contribution is -2.43. The number of ether oxygens (including phenoxy) is 2. The third kappa shape index (κ3) is 2.22. The molecule has 2 N–H and O–H groups in total. The van der Waals surface area contributed by atoms with Crippen LogP contribution in [0.25, 0.3) is 0 Å². The molecule has 0 atom stereocenters. The number of nitrogens with two attached hydrogens (primary N) is 1. The molecular formula is C6H15NO3. The van der Waals surface area contributed by atoms with Crippen molar-refractivity contribution in [1.29, 1.82) is 0 Å². The standard InChI is InChI=1S/C6H15NO3/c1-6(2,10-7)5(8-3)9-4/h5H,7H2,1-4H3. The first kappa shape index (κ1) is 9.84. The van der Waals surface area contributed by atoms with Gasteiger partial charge in [-0.25, -0.2) is 5.90 Å². The first-order valence-corrected chi connectivity index (χ1v) is 3.02. The molecule has 0 aliphatic heterocycles. The van der Waals surface area contributed by atoms with Gasteiger partial charge in [-0.2, -0.15) is 0 Å². The molecule has 0 saturated carbocycles. The predicted octanol–water partition coefficient (Wildman–Crippen LogP) is 0.274. The van der Waals surface area contributed by atoms with Crippen molar-refractivity contribution in [3.63, 3.8) is 0 Å². The van der Waals surface area contributed by atoms with E-state index in [0.717, 1.165) is 0 Å². The minimum Gasteiger partial charge on any atom is -0.353 e. The Bertz CT molecular complexity index is 91.0. The van der Waals surface area contributed by atoms with Crippen molar-refractivity contribution in [2.45, 2.75) is 25.7 Å². The van der Waals surface area contributed by atoms with Crippen molar-refractivity contribution in [3.8, 4) is 0 Å². The van der Waals surface area contributed by atoms with Gasteiger partial charge in [0.1, 0.15) is 5.60 Å². The fraction of sp³-hybridized carbons (Fsp3) is 1.00. The van der Waals surface area contributed by atoms with Gasteiger partial charge in [-0.05, 0) is 13.8 Å². The molecule has 0 aromatic carbocycles. The lowest BCUT2D eigenvalue weighted by molar-refractivity contribution is -0.222. The van der Waals surface area contributed by atoms with E-state index < -0.39 is 11.9 Å². The molecule has 0 aromatic rings. The van der Waals surface area contributed by atoms with Gasteiger partial charge in [0.25, 0.3) is 0 Å². The summed E-state index contributed by atoms with van der Waals surface area (Å²) in [6, 6.07) is 0. The van der Waals surface area contributed by atoms with Gasteiger partial charge in [0.05, 0.1) is 0 Å². The van der Waals surface area contributed by atoms with Crippen LogP contribution in [-0.2, 0) is 14.3 Å². The Labute approximate surface area is 61.2 Å². The van der Waals surface area contributed by atoms with E-state index in [9.17, 15) is 0 Å². The highest BCUT2D eigenvalue weighted by atomic mass is 16.7. The predicted molar refractivity (Wildman–Crippen MR) is 37.2 cm³/mol. The Morgan fingerprint density at radius 1 is 1.20 bits per heavy atom. The second-order valence-electron chi connectivity index (χ2n) is 2.52. The van der Waals surface area contributed by atoms with E-state index in [1.54, 1.807) is 13.8 Å². The highest BCUT2D eigenvalue weighted by Gasteiger charge is 2.30. The van der Waals surface area contributed by atoms with Crippen molar-refractivity contribution in [2.75, 3.05) is 14.2 Å². The summed E-state index contributed by atoms with van der Waals surface area (Å²) < 4.78 is 9.86. The van der Waals surface area contributed by atoms with Gasteiger partial charge in [-0.1, -0.05) is 0 Å². The molecule has 0 amide bonds. The maximum Gasteiger partial charge on any atom is 0.187 e. The highest BCUT2D eigenvalue weighted by Crippen LogP contribution is 2.15. The lowest BCUT2D eigenvalue weighted by Gasteiger charge is -2.29. The van der Waals surface area contributed by atoms with Gasteiger partial charge in [0, 0.05) is 14.2 Å². The summed E-state index contributed by atoms with van der Waals surface area (Å²) in [5.41, 5.74) is -0.608. The largest absolute Gasteiger partial charge is 0.353 e. The molecule has 4 heteroatoms. The van der Waals surface area contributed by atoms with Crippen LogP contribution in [0.5, 0.6) is 0 Å². The molecule has 0 spiro atoms. The normalized spacial score (nSPS) is 12.6. The van der Waals surface area contributed by atoms with Gasteiger partial charge < -0.3 is 9.47 Å². The molecule has 10 heavy (non-hydrogen) atoms. The topological polar surface area (TPSA) is 53.7 Å². The zero-order valence-corrected chi connectivity index (χ0v) is 6.88. The monoisotopic (exact) mass is 149 g/mol. The van der Waals surface area contributed by atoms with Crippen LogP contribution in [0.15, 0.2) is 0 Å². The Morgan fingerprint density at radius 2 is 1.60 bits per heavy atom. The molecular weight excluding hydrogens is 134 g/mol. The minimum atomic E-state index is -0.608. The quantitative estimate of drug-likeness (QED) is 0.460. The van der Waals surface area contributed by atoms with Crippen LogP contribution >= 0.6 is 0 Å². The number of hydrogen-bond acceptors (Lipinski definition) is 4. The Kier molecular flexibility index (Phi) is 3.81. The van der Waals surface area contributed by atoms with Crippen LogP contribution in [-0.4, -0.2) is 26.1 Å². The zero-order valence-electron chi connectivity index (χ0n) is 6.88. The Balaban J connectivity index is 3.97. The van der Waals surface area contributed by atoms with Gasteiger partial charge in [-0.15, -0.1) is 0 Å². The summed E-state index contributed by atoms with van der Waals surface area (Å²) in [7, 11) is 3.07. The van der Waals surface area contributed by atoms with Crippen LogP contribution in [0.1, 0.15) is 13.8 Å². The summed E-state index contributed by atoms with van der Waals surface area (Å²) in [6.45, 7) is 3.56. The number of hydrogen-bond donors (Lipinski definition) is 1. The lowest BCUT2D eigenvalue weighted by atomic mass is 10.1. The van der Waals surface area contributed by atoms with E-state index >= 15 is 0 Å².